The number of aromatic nitrogens is 1. The molecule has 2 heterocycles. The fraction of sp³-hybridized carbons (Fsp3) is 0.333. The molecular weight excluding hydrogens is 354 g/mol. The molecule has 0 aliphatic rings. The molecule has 0 amide bonds. The van der Waals surface area contributed by atoms with Gasteiger partial charge in [0.25, 0.3) is 0 Å². The zero-order chi connectivity index (χ0) is 19.4. The van der Waals surface area contributed by atoms with Crippen molar-refractivity contribution in [1.82, 2.24) is 15.6 Å². The number of guanidine groups is 1. The molecule has 0 spiro atoms. The number of nitrogens with zero attached hydrogens (tertiary/aromatic N) is 2. The molecule has 3 N–H and O–H groups in total. The minimum absolute atomic E-state index is 0.508. The summed E-state index contributed by atoms with van der Waals surface area (Å²) in [6.45, 7) is 3.45. The van der Waals surface area contributed by atoms with E-state index in [2.05, 4.69) is 38.1 Å². The number of para-hydroxylation sites is 1. The topological polar surface area (TPSA) is 83.7 Å². The lowest BCUT2D eigenvalue weighted by atomic mass is 10.2. The van der Waals surface area contributed by atoms with Gasteiger partial charge in [-0.05, 0) is 36.8 Å². The van der Waals surface area contributed by atoms with E-state index >= 15 is 0 Å². The Hall–Kier alpha value is -3.06. The summed E-state index contributed by atoms with van der Waals surface area (Å²) in [6, 6.07) is 15.9. The minimum Gasteiger partial charge on any atom is -0.467 e. The number of aliphatic imine (C=N–C) groups is 1. The number of hydrogen-bond donors (Lipinski definition) is 3. The van der Waals surface area contributed by atoms with Crippen LogP contribution in [0.15, 0.2) is 64.2 Å². The van der Waals surface area contributed by atoms with E-state index < -0.39 is 0 Å². The summed E-state index contributed by atoms with van der Waals surface area (Å²) in [4.78, 5) is 8.83. The number of furan rings is 1. The van der Waals surface area contributed by atoms with Crippen LogP contribution < -0.4 is 16.0 Å². The highest BCUT2D eigenvalue weighted by atomic mass is 16.5. The molecule has 0 unspecified atom stereocenters. The zero-order valence-electron chi connectivity index (χ0n) is 16.1. The van der Waals surface area contributed by atoms with Gasteiger partial charge in [0, 0.05) is 38.7 Å². The summed E-state index contributed by atoms with van der Waals surface area (Å²) in [5.74, 6) is 2.50. The molecule has 0 bridgehead atoms. The van der Waals surface area contributed by atoms with E-state index in [1.165, 1.54) is 0 Å². The molecule has 3 rings (SSSR count). The number of anilines is 1. The number of pyridine rings is 1. The Labute approximate surface area is 165 Å². The first-order valence-corrected chi connectivity index (χ1v) is 9.49. The fourth-order valence-electron chi connectivity index (χ4n) is 2.71. The Balaban J connectivity index is 1.27. The number of benzene rings is 1. The first-order valence-electron chi connectivity index (χ1n) is 9.49. The fourth-order valence-corrected chi connectivity index (χ4v) is 2.71. The Morgan fingerprint density at radius 2 is 1.93 bits per heavy atom. The normalized spacial score (nSPS) is 11.5. The van der Waals surface area contributed by atoms with Crippen molar-refractivity contribution in [2.24, 2.45) is 4.99 Å². The SMILES string of the molecule is CN=C(NCCCOCc1ccco1)NCCNc1ccc2ccccc2n1. The van der Waals surface area contributed by atoms with E-state index in [1.807, 2.05) is 36.4 Å². The smallest absolute Gasteiger partial charge is 0.191 e. The maximum atomic E-state index is 5.56. The second-order valence-corrected chi connectivity index (χ2v) is 6.23. The molecule has 0 aliphatic heterocycles. The maximum absolute atomic E-state index is 5.56. The van der Waals surface area contributed by atoms with Crippen LogP contribution in [0.2, 0.25) is 0 Å². The number of fused-ring (bicyclic) bond motifs is 1. The predicted octanol–water partition coefficient (Wildman–Crippen LogP) is 3.01. The van der Waals surface area contributed by atoms with E-state index in [-0.39, 0.29) is 0 Å². The third-order valence-electron chi connectivity index (χ3n) is 4.13. The van der Waals surface area contributed by atoms with Crippen LogP contribution in [-0.4, -0.2) is 44.2 Å². The van der Waals surface area contributed by atoms with Crippen LogP contribution in [0, 0.1) is 0 Å². The molecule has 0 saturated heterocycles. The van der Waals surface area contributed by atoms with E-state index in [1.54, 1.807) is 13.3 Å². The molecular formula is C21H27N5O2. The van der Waals surface area contributed by atoms with Gasteiger partial charge in [0.2, 0.25) is 0 Å². The van der Waals surface area contributed by atoms with Crippen molar-refractivity contribution in [2.45, 2.75) is 13.0 Å². The molecule has 1 aromatic carbocycles. The molecule has 0 atom stereocenters. The molecule has 0 saturated carbocycles. The second-order valence-electron chi connectivity index (χ2n) is 6.23. The second kappa shape index (κ2) is 10.9. The summed E-state index contributed by atoms with van der Waals surface area (Å²) in [5.41, 5.74) is 0.993. The Morgan fingerprint density at radius 1 is 1.04 bits per heavy atom. The lowest BCUT2D eigenvalue weighted by molar-refractivity contribution is 0.105. The van der Waals surface area contributed by atoms with Gasteiger partial charge in [-0.3, -0.25) is 4.99 Å². The molecule has 7 heteroatoms. The number of ether oxygens (including phenoxy) is 1. The van der Waals surface area contributed by atoms with Crippen LogP contribution >= 0.6 is 0 Å². The van der Waals surface area contributed by atoms with Gasteiger partial charge in [-0.25, -0.2) is 4.98 Å². The van der Waals surface area contributed by atoms with Gasteiger partial charge in [-0.1, -0.05) is 18.2 Å². The summed E-state index contributed by atoms with van der Waals surface area (Å²) >= 11 is 0. The number of rotatable bonds is 10. The molecule has 3 aromatic rings. The van der Waals surface area contributed by atoms with Crippen molar-refractivity contribution >= 4 is 22.7 Å². The Morgan fingerprint density at radius 3 is 2.79 bits per heavy atom. The standard InChI is InChI=1S/C21H27N5O2/c1-22-21(24-11-5-14-27-16-18-7-4-15-28-18)25-13-12-23-20-10-9-17-6-2-3-8-19(17)26-20/h2-4,6-10,15H,5,11-14,16H2,1H3,(H,23,26)(H2,22,24,25). The number of hydrogen-bond acceptors (Lipinski definition) is 5. The molecule has 7 nitrogen and oxygen atoms in total. The third-order valence-corrected chi connectivity index (χ3v) is 4.13. The van der Waals surface area contributed by atoms with Crippen LogP contribution in [0.1, 0.15) is 12.2 Å². The van der Waals surface area contributed by atoms with Crippen molar-refractivity contribution in [2.75, 3.05) is 38.6 Å². The first-order chi connectivity index (χ1) is 13.8. The van der Waals surface area contributed by atoms with Crippen LogP contribution in [0.3, 0.4) is 0 Å². The third kappa shape index (κ3) is 6.28. The van der Waals surface area contributed by atoms with Crippen molar-refractivity contribution in [3.63, 3.8) is 0 Å². The lowest BCUT2D eigenvalue weighted by Crippen LogP contribution is -2.40. The first kappa shape index (κ1) is 19.7. The average Bonchev–Trinajstić information content (AvgIpc) is 3.25. The van der Waals surface area contributed by atoms with Gasteiger partial charge in [-0.15, -0.1) is 0 Å². The molecule has 0 fully saturated rings. The van der Waals surface area contributed by atoms with E-state index in [0.717, 1.165) is 54.5 Å². The van der Waals surface area contributed by atoms with Crippen LogP contribution in [0.5, 0.6) is 0 Å². The largest absolute Gasteiger partial charge is 0.467 e. The van der Waals surface area contributed by atoms with Gasteiger partial charge < -0.3 is 25.1 Å². The molecule has 2 aromatic heterocycles. The maximum Gasteiger partial charge on any atom is 0.191 e. The molecule has 28 heavy (non-hydrogen) atoms. The van der Waals surface area contributed by atoms with Crippen molar-refractivity contribution in [3.05, 3.63) is 60.6 Å². The molecule has 0 aliphatic carbocycles. The quantitative estimate of drug-likeness (QED) is 0.284. The minimum atomic E-state index is 0.508. The monoisotopic (exact) mass is 381 g/mol. The van der Waals surface area contributed by atoms with Crippen molar-refractivity contribution < 1.29 is 9.15 Å². The van der Waals surface area contributed by atoms with Crippen molar-refractivity contribution in [3.8, 4) is 0 Å². The summed E-state index contributed by atoms with van der Waals surface area (Å²) < 4.78 is 10.8. The highest BCUT2D eigenvalue weighted by Crippen LogP contribution is 2.14. The van der Waals surface area contributed by atoms with Crippen molar-refractivity contribution in [1.29, 1.82) is 0 Å². The van der Waals surface area contributed by atoms with Crippen LogP contribution in [-0.2, 0) is 11.3 Å². The van der Waals surface area contributed by atoms with Crippen LogP contribution in [0.4, 0.5) is 5.82 Å². The lowest BCUT2D eigenvalue weighted by Gasteiger charge is -2.12. The summed E-state index contributed by atoms with van der Waals surface area (Å²) in [5, 5.41) is 11.0. The van der Waals surface area contributed by atoms with Gasteiger partial charge >= 0.3 is 0 Å². The highest BCUT2D eigenvalue weighted by Gasteiger charge is 2.00. The van der Waals surface area contributed by atoms with E-state index in [0.29, 0.717) is 13.2 Å². The van der Waals surface area contributed by atoms with E-state index in [9.17, 15) is 0 Å². The highest BCUT2D eigenvalue weighted by molar-refractivity contribution is 5.80. The summed E-state index contributed by atoms with van der Waals surface area (Å²) in [6.07, 6.45) is 2.54. The molecule has 0 radical (unpaired) electrons. The Kier molecular flexibility index (Phi) is 7.69. The Bertz CT molecular complexity index is 864. The van der Waals surface area contributed by atoms with Gasteiger partial charge in [0.1, 0.15) is 18.2 Å². The zero-order valence-corrected chi connectivity index (χ0v) is 16.1. The van der Waals surface area contributed by atoms with E-state index in [4.69, 9.17) is 9.15 Å². The summed E-state index contributed by atoms with van der Waals surface area (Å²) in [7, 11) is 1.76. The molecule has 148 valence electrons. The number of nitrogens with one attached hydrogen (secondary N) is 3. The average molecular weight is 381 g/mol. The van der Waals surface area contributed by atoms with Gasteiger partial charge in [0.05, 0.1) is 11.8 Å². The van der Waals surface area contributed by atoms with Gasteiger partial charge in [-0.2, -0.15) is 0 Å². The predicted molar refractivity (Wildman–Crippen MR) is 113 cm³/mol. The van der Waals surface area contributed by atoms with Gasteiger partial charge in [0.15, 0.2) is 5.96 Å². The van der Waals surface area contributed by atoms with Crippen LogP contribution in [0.25, 0.3) is 10.9 Å².